The van der Waals surface area contributed by atoms with Gasteiger partial charge >= 0.3 is 11.9 Å². The largest absolute Gasteiger partial charge is 0.469 e. The van der Waals surface area contributed by atoms with Gasteiger partial charge < -0.3 is 99.7 Å². The number of amides is 1. The number of H-pyrrole nitrogens is 4. The highest BCUT2D eigenvalue weighted by Crippen LogP contribution is 2.35. The van der Waals surface area contributed by atoms with Gasteiger partial charge in [0.25, 0.3) is 0 Å². The molecule has 0 aliphatic rings. The first-order chi connectivity index (χ1) is 67.5. The van der Waals surface area contributed by atoms with E-state index < -0.39 is 0 Å². The highest BCUT2D eigenvalue weighted by molar-refractivity contribution is 9.09. The Bertz CT molecular complexity index is 6030. The lowest BCUT2D eigenvalue weighted by molar-refractivity contribution is -0.141. The van der Waals surface area contributed by atoms with Gasteiger partial charge in [-0.1, -0.05) is 241 Å². The fraction of sp³-hybridized carbons (Fsp3) is 0.279. The Hall–Kier alpha value is -14.1. The van der Waals surface area contributed by atoms with Crippen molar-refractivity contribution in [3.8, 4) is 45.0 Å². The molecule has 24 N–H and O–H groups in total. The normalized spacial score (nSPS) is 11.6. The lowest BCUT2D eigenvalue weighted by Crippen LogP contribution is -2.30. The van der Waals surface area contributed by atoms with E-state index in [4.69, 9.17) is 27.6 Å². The number of alkyl halides is 1. The number of methoxy groups -OCH3 is 2. The summed E-state index contributed by atoms with van der Waals surface area (Å²) in [6.45, 7) is 20.0. The van der Waals surface area contributed by atoms with Gasteiger partial charge in [-0.05, 0) is 125 Å². The van der Waals surface area contributed by atoms with Gasteiger partial charge in [-0.15, -0.1) is 0 Å². The van der Waals surface area contributed by atoms with Crippen molar-refractivity contribution in [2.24, 2.45) is 23.1 Å². The molecule has 4 atom stereocenters. The molecule has 724 valence electrons. The van der Waals surface area contributed by atoms with Crippen molar-refractivity contribution >= 4 is 101 Å². The second kappa shape index (κ2) is 58.4. The molecule has 16 rings (SSSR count). The molecular weight excluding hydrogens is 1810 g/mol. The van der Waals surface area contributed by atoms with Crippen molar-refractivity contribution < 1.29 is 34.3 Å². The zero-order valence-corrected chi connectivity index (χ0v) is 80.7. The van der Waals surface area contributed by atoms with E-state index in [0.29, 0.717) is 50.9 Å². The minimum atomic E-state index is -0.387. The summed E-state index contributed by atoms with van der Waals surface area (Å²) in [5.74, 6) is 6.05. The SMILES string of the molecule is CCc1ccc(-c2cc3c(N[C@H](C)c4ccccc4)ncnc3[nH]2)cc1.COC(=O)CCBr.COC(=O)CCNCCNCc1ccc(-c2cc3c(N[C@H](C)c4ccccc4)ncnc3[nH]2)cc1.C[C@@H](Nc1ncnc2[nH]c(-c3ccc(CNCCN)cc3)cc12)c1ccccc1.C[C@@H](Nc1ncnc2[nH]c(-c3ccc(CNCCNCCC(=O)NO)cc3)cc12)c1ccccc1.NCCN.NO. The first-order valence-corrected chi connectivity index (χ1v) is 47.1. The second-order valence-corrected chi connectivity index (χ2v) is 32.7. The fourth-order valence-corrected chi connectivity index (χ4v) is 14.7. The van der Waals surface area contributed by atoms with Crippen molar-refractivity contribution in [3.63, 3.8) is 0 Å². The summed E-state index contributed by atoms with van der Waals surface area (Å²) in [5, 5.41) is 50.1. The number of nitrogens with two attached hydrogens (primary N) is 4. The summed E-state index contributed by atoms with van der Waals surface area (Å²) in [4.78, 5) is 81.4. The number of fused-ring (bicyclic) bond motifs is 4. The quantitative estimate of drug-likeness (QED) is 0.00557. The fourth-order valence-electron chi connectivity index (χ4n) is 14.4. The van der Waals surface area contributed by atoms with E-state index in [1.807, 2.05) is 60.7 Å². The number of hydroxylamine groups is 1. The number of aromatic nitrogens is 12. The van der Waals surface area contributed by atoms with Gasteiger partial charge in [0.2, 0.25) is 5.91 Å². The molecule has 8 aromatic carbocycles. The maximum Gasteiger partial charge on any atom is 0.306 e. The molecule has 0 fully saturated rings. The molecule has 0 aliphatic carbocycles. The van der Waals surface area contributed by atoms with Crippen LogP contribution >= 0.6 is 15.9 Å². The Balaban J connectivity index is 0.000000183. The third-order valence-electron chi connectivity index (χ3n) is 22.1. The van der Waals surface area contributed by atoms with Gasteiger partial charge in [-0.2, -0.15) is 0 Å². The summed E-state index contributed by atoms with van der Waals surface area (Å²) in [7, 11) is 2.79. The molecule has 0 radical (unpaired) electrons. The third-order valence-corrected chi connectivity index (χ3v) is 22.5. The van der Waals surface area contributed by atoms with Gasteiger partial charge in [-0.3, -0.25) is 19.6 Å². The van der Waals surface area contributed by atoms with Gasteiger partial charge in [0, 0.05) is 144 Å². The molecule has 0 bridgehead atoms. The number of hydrogen-bond donors (Lipinski definition) is 20. The maximum absolute atomic E-state index is 11.1. The lowest BCUT2D eigenvalue weighted by atomic mass is 10.1. The maximum atomic E-state index is 11.1. The number of benzene rings is 8. The Morgan fingerprint density at radius 2 is 0.616 bits per heavy atom. The van der Waals surface area contributed by atoms with E-state index in [2.05, 4.69) is 356 Å². The Morgan fingerprint density at radius 1 is 0.348 bits per heavy atom. The van der Waals surface area contributed by atoms with Crippen LogP contribution in [0.1, 0.15) is 123 Å². The lowest BCUT2D eigenvalue weighted by Gasteiger charge is -2.15. The summed E-state index contributed by atoms with van der Waals surface area (Å²) in [5.41, 5.74) is 38.6. The van der Waals surface area contributed by atoms with E-state index in [1.54, 1.807) is 30.8 Å². The molecule has 8 heterocycles. The molecule has 16 aromatic rings. The van der Waals surface area contributed by atoms with Crippen LogP contribution < -0.4 is 76.4 Å². The first kappa shape index (κ1) is 106. The van der Waals surface area contributed by atoms with Crippen molar-refractivity contribution in [1.82, 2.24) is 91.9 Å². The number of ether oxygens (including phenoxy) is 2. The monoisotopic (exact) mass is 1930 g/mol. The molecule has 138 heavy (non-hydrogen) atoms. The molecule has 0 saturated carbocycles. The molecule has 33 nitrogen and oxygen atoms in total. The number of anilines is 4. The van der Waals surface area contributed by atoms with Crippen molar-refractivity contribution in [1.29, 1.82) is 0 Å². The molecule has 1 amide bonds. The number of aromatic amines is 4. The molecular formula is C104H129BrN26O7. The molecule has 34 heteroatoms. The molecule has 0 spiro atoms. The van der Waals surface area contributed by atoms with Crippen LogP contribution in [0.15, 0.2) is 268 Å². The number of hydrogen-bond acceptors (Lipinski definition) is 28. The van der Waals surface area contributed by atoms with Crippen LogP contribution in [0, 0.1) is 0 Å². The van der Waals surface area contributed by atoms with Gasteiger partial charge in [-0.25, -0.2) is 51.2 Å². The first-order valence-electron chi connectivity index (χ1n) is 46.0. The van der Waals surface area contributed by atoms with Crippen LogP contribution in [0.25, 0.3) is 89.2 Å². The standard InChI is InChI=1S/C27H32N6O2.C26H31N7O2.C23H26N6.C22H22N4.C4H7BrO2.C2H8N2.H3NO/c1-19(21-6-4-3-5-7-21)32-26-23-16-24(33-27(23)31-18-30-26)22-10-8-20(9-11-22)17-29-15-14-28-13-12-25(34)35-2;1-18(20-5-3-2-4-6-20)31-25-22-15-23(32-26(22)30-17-29-25)21-9-7-19(8-10-21)16-28-14-13-27-12-11-24(34)33-35;1-16(18-5-3-2-4-6-18)28-22-20-13-21(29-23(20)27-15-26-22)19-9-7-17(8-10-19)14-25-12-11-24;1-3-16-9-11-18(12-10-16)20-13-19-21(23-14-24-22(19)26-20)25-15(2)17-7-5-4-6-8-17;1-7-4(6)2-3-5;3-1-2-4;1-2/h3-11,16,18-19,28-29H,12-15,17H2,1-2H3,(H2,30,31,32,33);2-10,15,17-18,27-28,35H,11-14,16H2,1H3,(H,33,34)(H2,29,30,31,32);2-10,13,15-16,25H,11-12,14,24H2,1H3,(H2,26,27,28,29);4-15H,3H2,1-2H3,(H2,23,24,25,26);2-3H2,1H3;1-4H2;2H,1H2/t19-;18-;16-;15-;;;/m1111.../s1. The number of esters is 2. The van der Waals surface area contributed by atoms with Crippen molar-refractivity contribution in [2.75, 3.05) is 106 Å². The highest BCUT2D eigenvalue weighted by atomic mass is 79.9. The highest BCUT2D eigenvalue weighted by Gasteiger charge is 2.19. The number of aryl methyl sites for hydroxylation is 1. The Morgan fingerprint density at radius 3 is 0.870 bits per heavy atom. The minimum Gasteiger partial charge on any atom is -0.469 e. The number of nitrogens with zero attached hydrogens (tertiary/aromatic N) is 8. The summed E-state index contributed by atoms with van der Waals surface area (Å²) < 4.78 is 8.95. The Labute approximate surface area is 813 Å². The van der Waals surface area contributed by atoms with E-state index >= 15 is 0 Å². The second-order valence-electron chi connectivity index (χ2n) is 31.9. The van der Waals surface area contributed by atoms with Crippen molar-refractivity contribution in [2.45, 2.75) is 104 Å². The van der Waals surface area contributed by atoms with Gasteiger partial charge in [0.05, 0.1) is 48.6 Å². The predicted molar refractivity (Wildman–Crippen MR) is 556 cm³/mol. The van der Waals surface area contributed by atoms with Crippen LogP contribution in [0.3, 0.4) is 0 Å². The van der Waals surface area contributed by atoms with Crippen LogP contribution in [-0.4, -0.2) is 173 Å². The number of carbonyl (C=O) groups is 3. The average Bonchev–Trinajstić information content (AvgIpc) is 1.66. The predicted octanol–water partition coefficient (Wildman–Crippen LogP) is 15.8. The van der Waals surface area contributed by atoms with E-state index in [-0.39, 0.29) is 48.4 Å². The molecule has 8 aromatic heterocycles. The van der Waals surface area contributed by atoms with E-state index in [0.717, 1.165) is 171 Å². The zero-order valence-electron chi connectivity index (χ0n) is 79.1. The third kappa shape index (κ3) is 33.4. The molecule has 0 saturated heterocycles. The number of nitrogens with one attached hydrogen (secondary N) is 14. The van der Waals surface area contributed by atoms with E-state index in [1.165, 1.54) is 58.7 Å². The number of carbonyl (C=O) groups excluding carboxylic acids is 3. The minimum absolute atomic E-state index is 0.120. The smallest absolute Gasteiger partial charge is 0.306 e. The van der Waals surface area contributed by atoms with Crippen LogP contribution in [0.2, 0.25) is 0 Å². The summed E-state index contributed by atoms with van der Waals surface area (Å²) >= 11 is 3.09. The van der Waals surface area contributed by atoms with Crippen LogP contribution in [-0.2, 0) is 49.9 Å². The number of rotatable bonds is 40. The van der Waals surface area contributed by atoms with Gasteiger partial charge in [0.1, 0.15) is 71.2 Å². The molecule has 0 aliphatic heterocycles. The van der Waals surface area contributed by atoms with E-state index in [9.17, 15) is 14.4 Å². The Kier molecular flexibility index (Phi) is 44.8. The summed E-state index contributed by atoms with van der Waals surface area (Å²) in [6, 6.07) is 84.3. The van der Waals surface area contributed by atoms with Crippen LogP contribution in [0.5, 0.6) is 0 Å². The number of halogens is 1. The average molecular weight is 1940 g/mol. The van der Waals surface area contributed by atoms with Gasteiger partial charge in [0.15, 0.2) is 0 Å². The molecule has 0 unspecified atom stereocenters. The zero-order chi connectivity index (χ0) is 98.0. The van der Waals surface area contributed by atoms with Crippen molar-refractivity contribution in [3.05, 3.63) is 312 Å². The topological polar surface area (TPSA) is 501 Å². The van der Waals surface area contributed by atoms with Crippen LogP contribution in [0.4, 0.5) is 23.3 Å². The summed E-state index contributed by atoms with van der Waals surface area (Å²) in [6.07, 6.45) is 8.50.